The van der Waals surface area contributed by atoms with Crippen LogP contribution >= 0.6 is 7.65 Å². The van der Waals surface area contributed by atoms with E-state index >= 15 is 0 Å². The molecule has 1 atom stereocenters. The Kier molecular flexibility index (Phi) is 4.78. The fourth-order valence-corrected chi connectivity index (χ4v) is 6.66. The van der Waals surface area contributed by atoms with Crippen LogP contribution in [0.4, 0.5) is 0 Å². The van der Waals surface area contributed by atoms with E-state index in [2.05, 4.69) is 24.3 Å². The summed E-state index contributed by atoms with van der Waals surface area (Å²) < 4.78 is 19.0. The third-order valence-corrected chi connectivity index (χ3v) is 8.05. The van der Waals surface area contributed by atoms with Crippen molar-refractivity contribution in [1.82, 2.24) is 0 Å². The maximum atomic E-state index is 13.1. The first kappa shape index (κ1) is 17.4. The summed E-state index contributed by atoms with van der Waals surface area (Å²) in [7, 11) is -1.82. The Balaban J connectivity index is 1.78. The van der Waals surface area contributed by atoms with Crippen LogP contribution in [0.1, 0.15) is 87.2 Å². The lowest BCUT2D eigenvalue weighted by Crippen LogP contribution is -2.08. The molecule has 0 radical (unpaired) electrons. The van der Waals surface area contributed by atoms with Crippen LogP contribution in [0.2, 0.25) is 0 Å². The summed E-state index contributed by atoms with van der Waals surface area (Å²) in [4.78, 5) is 0. The fraction of sp³-hybridized carbons (Fsp3) is 0.500. The summed E-state index contributed by atoms with van der Waals surface area (Å²) in [6.45, 7) is 0. The van der Waals surface area contributed by atoms with Crippen LogP contribution in [0.25, 0.3) is 21.5 Å². The molecule has 3 aromatic rings. The second-order valence-corrected chi connectivity index (χ2v) is 9.66. The van der Waals surface area contributed by atoms with Gasteiger partial charge in [0.15, 0.2) is 5.58 Å². The van der Waals surface area contributed by atoms with Gasteiger partial charge in [0.05, 0.1) is 0 Å². The molecule has 1 heterocycles. The van der Waals surface area contributed by atoms with Crippen molar-refractivity contribution >= 4 is 29.1 Å². The highest BCUT2D eigenvalue weighted by Crippen LogP contribution is 2.46. The van der Waals surface area contributed by atoms with Gasteiger partial charge in [-0.2, -0.15) is 0 Å². The van der Waals surface area contributed by atoms with Crippen molar-refractivity contribution in [3.05, 3.63) is 47.5 Å². The Morgan fingerprint density at radius 3 is 2.19 bits per heavy atom. The third-order valence-electron chi connectivity index (χ3n) is 6.82. The van der Waals surface area contributed by atoms with E-state index in [-0.39, 0.29) is 0 Å². The Bertz CT molecular complexity index is 1020. The molecule has 0 spiro atoms. The van der Waals surface area contributed by atoms with E-state index < -0.39 is 7.65 Å². The fourth-order valence-electron chi connectivity index (χ4n) is 5.39. The highest BCUT2D eigenvalue weighted by molar-refractivity contribution is 7.37. The van der Waals surface area contributed by atoms with Gasteiger partial charge in [0.25, 0.3) is 0 Å². The zero-order chi connectivity index (χ0) is 18.2. The molecule has 2 aromatic carbocycles. The maximum absolute atomic E-state index is 13.1. The maximum Gasteiger partial charge on any atom is 0.598 e. The van der Waals surface area contributed by atoms with Gasteiger partial charge in [-0.25, -0.2) is 4.20 Å². The first-order valence-corrected chi connectivity index (χ1v) is 11.9. The van der Waals surface area contributed by atoms with E-state index in [1.165, 1.54) is 80.7 Å². The van der Waals surface area contributed by atoms with Gasteiger partial charge >= 0.3 is 7.65 Å². The molecule has 2 aliphatic rings. The number of benzene rings is 2. The first-order valence-electron chi connectivity index (χ1n) is 10.7. The lowest BCUT2D eigenvalue weighted by atomic mass is 9.79. The predicted octanol–water partition coefficient (Wildman–Crippen LogP) is 8.42. The molecule has 0 N–H and O–H groups in total. The minimum atomic E-state index is -1.82. The zero-order valence-corrected chi connectivity index (χ0v) is 16.8. The summed E-state index contributed by atoms with van der Waals surface area (Å²) in [5.41, 5.74) is 3.60. The number of hydrogen-bond acceptors (Lipinski definition) is 2. The van der Waals surface area contributed by atoms with E-state index in [0.717, 1.165) is 16.1 Å². The van der Waals surface area contributed by atoms with E-state index in [9.17, 15) is 4.57 Å². The predicted molar refractivity (Wildman–Crippen MR) is 113 cm³/mol. The van der Waals surface area contributed by atoms with Crippen LogP contribution in [0.15, 0.2) is 40.6 Å². The SMILES string of the molecule is O=[p+]1oc2ccccc2c2cc(C3CCCCC3)cc(C3CCCCC3)c21. The van der Waals surface area contributed by atoms with Crippen molar-refractivity contribution in [2.45, 2.75) is 76.0 Å². The van der Waals surface area contributed by atoms with Crippen LogP contribution in [0.3, 0.4) is 0 Å². The Morgan fingerprint density at radius 1 is 0.778 bits per heavy atom. The summed E-state index contributed by atoms with van der Waals surface area (Å²) in [5.74, 6) is 1.21. The molecule has 2 nitrogen and oxygen atoms in total. The molecule has 5 rings (SSSR count). The van der Waals surface area contributed by atoms with Gasteiger partial charge in [-0.15, -0.1) is 0 Å². The monoisotopic (exact) mass is 379 g/mol. The molecule has 0 saturated heterocycles. The van der Waals surface area contributed by atoms with E-state index in [4.69, 9.17) is 4.20 Å². The van der Waals surface area contributed by atoms with Gasteiger partial charge in [-0.3, -0.25) is 0 Å². The largest absolute Gasteiger partial charge is 0.598 e. The van der Waals surface area contributed by atoms with E-state index in [0.29, 0.717) is 11.8 Å². The second kappa shape index (κ2) is 7.40. The molecule has 3 heteroatoms. The van der Waals surface area contributed by atoms with Gasteiger partial charge in [0.1, 0.15) is 0 Å². The molecule has 27 heavy (non-hydrogen) atoms. The summed E-state index contributed by atoms with van der Waals surface area (Å²) in [6.07, 6.45) is 13.0. The van der Waals surface area contributed by atoms with Crippen LogP contribution in [-0.2, 0) is 4.57 Å². The summed E-state index contributed by atoms with van der Waals surface area (Å²) in [5, 5.41) is 3.30. The lowest BCUT2D eigenvalue weighted by molar-refractivity contribution is 0.437. The van der Waals surface area contributed by atoms with Crippen molar-refractivity contribution < 1.29 is 8.76 Å². The normalized spacial score (nSPS) is 20.4. The van der Waals surface area contributed by atoms with Crippen LogP contribution in [-0.4, -0.2) is 0 Å². The summed E-state index contributed by atoms with van der Waals surface area (Å²) >= 11 is 0. The van der Waals surface area contributed by atoms with Gasteiger partial charge in [0, 0.05) is 16.3 Å². The Hall–Kier alpha value is -1.66. The van der Waals surface area contributed by atoms with E-state index in [1.54, 1.807) is 0 Å². The van der Waals surface area contributed by atoms with Crippen LogP contribution in [0, 0.1) is 0 Å². The first-order chi connectivity index (χ1) is 13.3. The molecule has 2 fully saturated rings. The van der Waals surface area contributed by atoms with Crippen molar-refractivity contribution in [2.24, 2.45) is 0 Å². The number of fused-ring (bicyclic) bond motifs is 3. The highest BCUT2D eigenvalue weighted by Gasteiger charge is 2.29. The second-order valence-electron chi connectivity index (χ2n) is 8.52. The molecule has 0 aliphatic heterocycles. The molecular weight excluding hydrogens is 351 g/mol. The number of hydrogen-bond donors (Lipinski definition) is 0. The smallest absolute Gasteiger partial charge is 0.250 e. The Morgan fingerprint density at radius 2 is 1.44 bits per heavy atom. The van der Waals surface area contributed by atoms with Crippen molar-refractivity contribution in [3.63, 3.8) is 0 Å². The van der Waals surface area contributed by atoms with Crippen molar-refractivity contribution in [3.8, 4) is 0 Å². The minimum absolute atomic E-state index is 0.545. The average Bonchev–Trinajstić information content (AvgIpc) is 2.74. The molecule has 0 bridgehead atoms. The Labute approximate surface area is 161 Å². The quantitative estimate of drug-likeness (QED) is 0.418. The molecule has 2 aliphatic carbocycles. The topological polar surface area (TPSA) is 30.2 Å². The summed E-state index contributed by atoms with van der Waals surface area (Å²) in [6, 6.07) is 12.9. The van der Waals surface area contributed by atoms with Gasteiger partial charge in [0.2, 0.25) is 5.12 Å². The average molecular weight is 379 g/mol. The highest BCUT2D eigenvalue weighted by atomic mass is 31.1. The number of para-hydroxylation sites is 1. The molecule has 1 unspecified atom stereocenters. The van der Waals surface area contributed by atoms with Crippen molar-refractivity contribution in [1.29, 1.82) is 0 Å². The molecule has 1 aromatic heterocycles. The van der Waals surface area contributed by atoms with Gasteiger partial charge in [-0.1, -0.05) is 62.8 Å². The zero-order valence-electron chi connectivity index (χ0n) is 16.0. The van der Waals surface area contributed by atoms with Crippen LogP contribution < -0.4 is 0 Å². The van der Waals surface area contributed by atoms with Gasteiger partial charge in [-0.05, 0) is 59.8 Å². The molecule has 140 valence electrons. The third kappa shape index (κ3) is 3.23. The lowest BCUT2D eigenvalue weighted by Gasteiger charge is -2.25. The van der Waals surface area contributed by atoms with E-state index in [1.807, 2.05) is 12.1 Å². The van der Waals surface area contributed by atoms with Crippen molar-refractivity contribution in [2.75, 3.05) is 0 Å². The van der Waals surface area contributed by atoms with Gasteiger partial charge < -0.3 is 0 Å². The standard InChI is InChI=1S/C24H28O2P/c25-27-24-21(18-11-5-2-6-12-18)15-19(17-9-3-1-4-10-17)16-22(24)20-13-7-8-14-23(20)26-27/h7-8,13-18H,1-6,9-12H2/q+1. The molecular formula is C24H28O2P+. The van der Waals surface area contributed by atoms with Crippen LogP contribution in [0.5, 0.6) is 0 Å². The molecule has 0 amide bonds. The number of rotatable bonds is 2. The minimum Gasteiger partial charge on any atom is -0.250 e. The molecule has 2 saturated carbocycles.